The summed E-state index contributed by atoms with van der Waals surface area (Å²) < 4.78 is 28.0. The molecule has 0 aliphatic carbocycles. The Balaban J connectivity index is 2.96. The zero-order valence-corrected chi connectivity index (χ0v) is 11.0. The zero-order chi connectivity index (χ0) is 13.1. The zero-order valence-electron chi connectivity index (χ0n) is 10.2. The number of nitrogen functional groups attached to an aromatic ring is 1. The Hall–Kier alpha value is -1.27. The third kappa shape index (κ3) is 3.61. The standard InChI is InChI=1S/C11H18N2O3S/c1-8(16-2)7-13-9-5-4-6-10(11(9)12)17(3,14)15/h4-6,8,13H,7,12H2,1-3H3. The predicted molar refractivity (Wildman–Crippen MR) is 68.9 cm³/mol. The monoisotopic (exact) mass is 258 g/mol. The first-order chi connectivity index (χ1) is 7.86. The van der Waals surface area contributed by atoms with Crippen molar-refractivity contribution < 1.29 is 13.2 Å². The molecule has 1 aromatic rings. The van der Waals surface area contributed by atoms with E-state index in [4.69, 9.17) is 10.5 Å². The van der Waals surface area contributed by atoms with Crippen LogP contribution in [0.15, 0.2) is 23.1 Å². The number of sulfone groups is 1. The Labute approximate surface area is 102 Å². The van der Waals surface area contributed by atoms with Crippen LogP contribution in [0.1, 0.15) is 6.92 Å². The van der Waals surface area contributed by atoms with Gasteiger partial charge in [0.2, 0.25) is 0 Å². The van der Waals surface area contributed by atoms with E-state index in [0.29, 0.717) is 12.2 Å². The first-order valence-corrected chi connectivity index (χ1v) is 7.10. The summed E-state index contributed by atoms with van der Waals surface area (Å²) in [6.45, 7) is 2.47. The van der Waals surface area contributed by atoms with Gasteiger partial charge < -0.3 is 15.8 Å². The van der Waals surface area contributed by atoms with Gasteiger partial charge in [-0.1, -0.05) is 6.07 Å². The molecule has 0 aliphatic rings. The van der Waals surface area contributed by atoms with E-state index < -0.39 is 9.84 Å². The van der Waals surface area contributed by atoms with Crippen molar-refractivity contribution in [3.8, 4) is 0 Å². The highest BCUT2D eigenvalue weighted by Gasteiger charge is 2.14. The summed E-state index contributed by atoms with van der Waals surface area (Å²) in [4.78, 5) is 0.146. The second kappa shape index (κ2) is 5.37. The summed E-state index contributed by atoms with van der Waals surface area (Å²) in [5, 5.41) is 3.06. The minimum atomic E-state index is -3.30. The second-order valence-corrected chi connectivity index (χ2v) is 5.90. The van der Waals surface area contributed by atoms with Crippen molar-refractivity contribution in [3.63, 3.8) is 0 Å². The summed E-state index contributed by atoms with van der Waals surface area (Å²) in [5.74, 6) is 0. The molecule has 1 aromatic carbocycles. The number of methoxy groups -OCH3 is 1. The number of para-hydroxylation sites is 1. The van der Waals surface area contributed by atoms with E-state index in [9.17, 15) is 8.42 Å². The molecule has 17 heavy (non-hydrogen) atoms. The van der Waals surface area contributed by atoms with Gasteiger partial charge in [-0.3, -0.25) is 0 Å². The van der Waals surface area contributed by atoms with Gasteiger partial charge in [0.1, 0.15) is 0 Å². The van der Waals surface area contributed by atoms with Gasteiger partial charge in [0.25, 0.3) is 0 Å². The summed E-state index contributed by atoms with van der Waals surface area (Å²) in [6, 6.07) is 4.90. The van der Waals surface area contributed by atoms with Crippen LogP contribution in [-0.2, 0) is 14.6 Å². The highest BCUT2D eigenvalue weighted by Crippen LogP contribution is 2.26. The molecule has 0 bridgehead atoms. The minimum Gasteiger partial charge on any atom is -0.396 e. The van der Waals surface area contributed by atoms with Gasteiger partial charge >= 0.3 is 0 Å². The van der Waals surface area contributed by atoms with Crippen molar-refractivity contribution in [2.45, 2.75) is 17.9 Å². The van der Waals surface area contributed by atoms with Gasteiger partial charge in [0.05, 0.1) is 22.4 Å². The van der Waals surface area contributed by atoms with Crippen molar-refractivity contribution in [1.82, 2.24) is 0 Å². The molecule has 0 saturated carbocycles. The molecule has 3 N–H and O–H groups in total. The molecule has 1 rings (SSSR count). The van der Waals surface area contributed by atoms with Crippen LogP contribution in [0.4, 0.5) is 11.4 Å². The SMILES string of the molecule is COC(C)CNc1cccc(S(C)(=O)=O)c1N. The maximum Gasteiger partial charge on any atom is 0.177 e. The molecule has 0 fully saturated rings. The molecular weight excluding hydrogens is 240 g/mol. The van der Waals surface area contributed by atoms with Crippen molar-refractivity contribution >= 4 is 21.2 Å². The number of hydrogen-bond donors (Lipinski definition) is 2. The van der Waals surface area contributed by atoms with E-state index in [1.54, 1.807) is 19.2 Å². The van der Waals surface area contributed by atoms with Crippen LogP contribution in [0.2, 0.25) is 0 Å². The van der Waals surface area contributed by atoms with Gasteiger partial charge in [0, 0.05) is 19.9 Å². The van der Waals surface area contributed by atoms with E-state index in [2.05, 4.69) is 5.32 Å². The van der Waals surface area contributed by atoms with Crippen molar-refractivity contribution in [2.24, 2.45) is 0 Å². The molecule has 0 amide bonds. The minimum absolute atomic E-state index is 0.0243. The van der Waals surface area contributed by atoms with Gasteiger partial charge in [-0.15, -0.1) is 0 Å². The van der Waals surface area contributed by atoms with Crippen LogP contribution in [0.25, 0.3) is 0 Å². The molecule has 1 atom stereocenters. The van der Waals surface area contributed by atoms with Gasteiger partial charge in [-0.2, -0.15) is 0 Å². The highest BCUT2D eigenvalue weighted by atomic mass is 32.2. The smallest absolute Gasteiger partial charge is 0.177 e. The van der Waals surface area contributed by atoms with E-state index in [1.807, 2.05) is 6.92 Å². The fraction of sp³-hybridized carbons (Fsp3) is 0.455. The Bertz CT molecular complexity index is 485. The van der Waals surface area contributed by atoms with E-state index in [0.717, 1.165) is 6.26 Å². The first-order valence-electron chi connectivity index (χ1n) is 5.21. The van der Waals surface area contributed by atoms with Crippen LogP contribution in [-0.4, -0.2) is 34.4 Å². The van der Waals surface area contributed by atoms with Gasteiger partial charge in [-0.25, -0.2) is 8.42 Å². The summed E-state index contributed by atoms with van der Waals surface area (Å²) in [5.41, 5.74) is 6.67. The van der Waals surface area contributed by atoms with Gasteiger partial charge in [-0.05, 0) is 19.1 Å². The predicted octanol–water partition coefficient (Wildman–Crippen LogP) is 1.12. The average Bonchev–Trinajstić information content (AvgIpc) is 2.25. The largest absolute Gasteiger partial charge is 0.396 e. The van der Waals surface area contributed by atoms with Crippen LogP contribution < -0.4 is 11.1 Å². The van der Waals surface area contributed by atoms with Crippen LogP contribution in [0.3, 0.4) is 0 Å². The topological polar surface area (TPSA) is 81.4 Å². The number of anilines is 2. The van der Waals surface area contributed by atoms with Crippen LogP contribution >= 0.6 is 0 Å². The van der Waals surface area contributed by atoms with E-state index in [1.165, 1.54) is 6.07 Å². The quantitative estimate of drug-likeness (QED) is 0.773. The molecule has 0 radical (unpaired) electrons. The fourth-order valence-electron chi connectivity index (χ4n) is 1.36. The van der Waals surface area contributed by atoms with E-state index >= 15 is 0 Å². The molecule has 96 valence electrons. The molecular formula is C11H18N2O3S. The Morgan fingerprint density at radius 1 is 1.47 bits per heavy atom. The third-order valence-electron chi connectivity index (χ3n) is 2.45. The lowest BCUT2D eigenvalue weighted by molar-refractivity contribution is 0.129. The Kier molecular flexibility index (Phi) is 4.36. The molecule has 6 heteroatoms. The van der Waals surface area contributed by atoms with Crippen LogP contribution in [0, 0.1) is 0 Å². The maximum absolute atomic E-state index is 11.5. The summed E-state index contributed by atoms with van der Waals surface area (Å²) in [6.07, 6.45) is 1.16. The van der Waals surface area contributed by atoms with Crippen LogP contribution in [0.5, 0.6) is 0 Å². The van der Waals surface area contributed by atoms with Crippen molar-refractivity contribution in [3.05, 3.63) is 18.2 Å². The normalized spacial score (nSPS) is 13.4. The summed E-state index contributed by atoms with van der Waals surface area (Å²) in [7, 11) is -1.68. The molecule has 0 aromatic heterocycles. The van der Waals surface area contributed by atoms with E-state index in [-0.39, 0.29) is 16.7 Å². The number of rotatable bonds is 5. The van der Waals surface area contributed by atoms with Crippen molar-refractivity contribution in [2.75, 3.05) is 31.0 Å². The van der Waals surface area contributed by atoms with Crippen molar-refractivity contribution in [1.29, 1.82) is 0 Å². The second-order valence-electron chi connectivity index (χ2n) is 3.92. The molecule has 0 saturated heterocycles. The lowest BCUT2D eigenvalue weighted by atomic mass is 10.2. The number of nitrogens with one attached hydrogen (secondary N) is 1. The molecule has 0 heterocycles. The molecule has 0 aliphatic heterocycles. The molecule has 5 nitrogen and oxygen atoms in total. The molecule has 1 unspecified atom stereocenters. The average molecular weight is 258 g/mol. The maximum atomic E-state index is 11.5. The number of nitrogens with two attached hydrogens (primary N) is 1. The number of benzene rings is 1. The number of hydrogen-bond acceptors (Lipinski definition) is 5. The first kappa shape index (κ1) is 13.8. The fourth-order valence-corrected chi connectivity index (χ4v) is 2.19. The molecule has 0 spiro atoms. The summed E-state index contributed by atoms with van der Waals surface area (Å²) >= 11 is 0. The highest BCUT2D eigenvalue weighted by molar-refractivity contribution is 7.90. The Morgan fingerprint density at radius 2 is 2.12 bits per heavy atom. The Morgan fingerprint density at radius 3 is 2.65 bits per heavy atom. The lowest BCUT2D eigenvalue weighted by Crippen LogP contribution is -2.19. The third-order valence-corrected chi connectivity index (χ3v) is 3.60. The van der Waals surface area contributed by atoms with Gasteiger partial charge in [0.15, 0.2) is 9.84 Å². The number of ether oxygens (including phenoxy) is 1. The lowest BCUT2D eigenvalue weighted by Gasteiger charge is -2.15.